The first-order valence-electron chi connectivity index (χ1n) is 8.25. The quantitative estimate of drug-likeness (QED) is 0.820. The Kier molecular flexibility index (Phi) is 5.38. The fraction of sp³-hybridized carbons (Fsp3) is 0.389. The van der Waals surface area contributed by atoms with Crippen LogP contribution in [0.1, 0.15) is 23.3 Å². The number of amides is 1. The molecule has 132 valence electrons. The summed E-state index contributed by atoms with van der Waals surface area (Å²) in [7, 11) is 3.39. The van der Waals surface area contributed by atoms with Gasteiger partial charge in [-0.1, -0.05) is 11.6 Å². The van der Waals surface area contributed by atoms with E-state index in [1.807, 2.05) is 30.3 Å². The largest absolute Gasteiger partial charge is 0.491 e. The minimum atomic E-state index is -0.150. The Labute approximate surface area is 152 Å². The van der Waals surface area contributed by atoms with Crippen molar-refractivity contribution in [3.05, 3.63) is 47.1 Å². The lowest BCUT2D eigenvalue weighted by Gasteiger charge is -2.25. The van der Waals surface area contributed by atoms with Gasteiger partial charge in [0.1, 0.15) is 12.4 Å². The molecule has 1 aromatic carbocycles. The third kappa shape index (κ3) is 4.20. The molecule has 7 heteroatoms. The molecule has 1 unspecified atom stereocenters. The van der Waals surface area contributed by atoms with Crippen molar-refractivity contribution in [3.8, 4) is 5.75 Å². The molecule has 0 spiro atoms. The van der Waals surface area contributed by atoms with E-state index in [0.29, 0.717) is 17.3 Å². The second kappa shape index (κ2) is 7.70. The standard InChI is InChI=1S/C18H21ClN4O2/c1-22(2)18(24)16-9-10-17(21-20-16)23-11-3-4-14(23)12-25-15-7-5-13(19)6-8-15/h5-10,14H,3-4,11-12H2,1-2H3. The molecule has 2 heterocycles. The van der Waals surface area contributed by atoms with E-state index < -0.39 is 0 Å². The number of nitrogens with zero attached hydrogens (tertiary/aromatic N) is 4. The molecule has 1 atom stereocenters. The predicted octanol–water partition coefficient (Wildman–Crippen LogP) is 2.88. The van der Waals surface area contributed by atoms with Crippen molar-refractivity contribution >= 4 is 23.3 Å². The number of hydrogen-bond donors (Lipinski definition) is 0. The predicted molar refractivity (Wildman–Crippen MR) is 97.4 cm³/mol. The fourth-order valence-corrected chi connectivity index (χ4v) is 2.98. The number of carbonyl (C=O) groups is 1. The monoisotopic (exact) mass is 360 g/mol. The lowest BCUT2D eigenvalue weighted by molar-refractivity contribution is 0.0821. The highest BCUT2D eigenvalue weighted by Gasteiger charge is 2.27. The van der Waals surface area contributed by atoms with E-state index in [9.17, 15) is 4.79 Å². The van der Waals surface area contributed by atoms with Crippen LogP contribution in [0.15, 0.2) is 36.4 Å². The van der Waals surface area contributed by atoms with Crippen molar-refractivity contribution in [3.63, 3.8) is 0 Å². The summed E-state index contributed by atoms with van der Waals surface area (Å²) in [6, 6.07) is 11.2. The van der Waals surface area contributed by atoms with E-state index in [2.05, 4.69) is 15.1 Å². The first-order valence-corrected chi connectivity index (χ1v) is 8.63. The van der Waals surface area contributed by atoms with Crippen LogP contribution >= 0.6 is 11.6 Å². The highest BCUT2D eigenvalue weighted by Crippen LogP contribution is 2.25. The van der Waals surface area contributed by atoms with Crippen molar-refractivity contribution in [1.82, 2.24) is 15.1 Å². The van der Waals surface area contributed by atoms with Crippen LogP contribution in [-0.2, 0) is 0 Å². The van der Waals surface area contributed by atoms with Crippen molar-refractivity contribution in [2.24, 2.45) is 0 Å². The lowest BCUT2D eigenvalue weighted by Crippen LogP contribution is -2.35. The summed E-state index contributed by atoms with van der Waals surface area (Å²) in [5.74, 6) is 1.43. The minimum absolute atomic E-state index is 0.150. The molecule has 1 aromatic heterocycles. The Morgan fingerprint density at radius 2 is 2.00 bits per heavy atom. The first kappa shape index (κ1) is 17.5. The van der Waals surface area contributed by atoms with Crippen LogP contribution in [0.5, 0.6) is 5.75 Å². The van der Waals surface area contributed by atoms with Crippen molar-refractivity contribution in [2.45, 2.75) is 18.9 Å². The minimum Gasteiger partial charge on any atom is -0.491 e. The maximum absolute atomic E-state index is 11.9. The van der Waals surface area contributed by atoms with Gasteiger partial charge in [-0.05, 0) is 49.2 Å². The van der Waals surface area contributed by atoms with E-state index in [4.69, 9.17) is 16.3 Å². The molecule has 1 aliphatic heterocycles. The van der Waals surface area contributed by atoms with Gasteiger partial charge in [-0.15, -0.1) is 10.2 Å². The normalized spacial score (nSPS) is 16.8. The second-order valence-corrected chi connectivity index (χ2v) is 6.67. The zero-order valence-corrected chi connectivity index (χ0v) is 15.1. The van der Waals surface area contributed by atoms with E-state index in [1.165, 1.54) is 4.90 Å². The van der Waals surface area contributed by atoms with Crippen LogP contribution in [0.4, 0.5) is 5.82 Å². The molecular weight excluding hydrogens is 340 g/mol. The van der Waals surface area contributed by atoms with Gasteiger partial charge in [0.2, 0.25) is 0 Å². The molecule has 1 fully saturated rings. The summed E-state index contributed by atoms with van der Waals surface area (Å²) in [5, 5.41) is 9.00. The molecule has 25 heavy (non-hydrogen) atoms. The summed E-state index contributed by atoms with van der Waals surface area (Å²) in [4.78, 5) is 15.6. The highest BCUT2D eigenvalue weighted by atomic mass is 35.5. The van der Waals surface area contributed by atoms with Gasteiger partial charge in [-0.25, -0.2) is 0 Å². The van der Waals surface area contributed by atoms with Gasteiger partial charge in [0.15, 0.2) is 11.5 Å². The maximum Gasteiger partial charge on any atom is 0.273 e. The summed E-state index contributed by atoms with van der Waals surface area (Å²) in [6.45, 7) is 1.48. The number of carbonyl (C=O) groups excluding carboxylic acids is 1. The molecule has 1 amide bonds. The maximum atomic E-state index is 11.9. The van der Waals surface area contributed by atoms with Crippen LogP contribution in [-0.4, -0.2) is 54.3 Å². The number of hydrogen-bond acceptors (Lipinski definition) is 5. The molecule has 0 N–H and O–H groups in total. The molecule has 6 nitrogen and oxygen atoms in total. The van der Waals surface area contributed by atoms with Gasteiger partial charge in [-0.2, -0.15) is 0 Å². The molecular formula is C18H21ClN4O2. The SMILES string of the molecule is CN(C)C(=O)c1ccc(N2CCCC2COc2ccc(Cl)cc2)nn1. The summed E-state index contributed by atoms with van der Waals surface area (Å²) in [6.07, 6.45) is 2.11. The molecule has 1 saturated heterocycles. The topological polar surface area (TPSA) is 58.6 Å². The van der Waals surface area contributed by atoms with E-state index in [1.54, 1.807) is 20.2 Å². The Morgan fingerprint density at radius 1 is 1.24 bits per heavy atom. The summed E-state index contributed by atoms with van der Waals surface area (Å²) < 4.78 is 5.88. The van der Waals surface area contributed by atoms with Crippen LogP contribution in [0.25, 0.3) is 0 Å². The average molecular weight is 361 g/mol. The van der Waals surface area contributed by atoms with Crippen LogP contribution in [0, 0.1) is 0 Å². The van der Waals surface area contributed by atoms with Crippen molar-refractivity contribution in [1.29, 1.82) is 0 Å². The van der Waals surface area contributed by atoms with Gasteiger partial charge in [0, 0.05) is 25.7 Å². The Hall–Kier alpha value is -2.34. The molecule has 2 aromatic rings. The van der Waals surface area contributed by atoms with E-state index >= 15 is 0 Å². The zero-order valence-electron chi connectivity index (χ0n) is 14.4. The van der Waals surface area contributed by atoms with E-state index in [0.717, 1.165) is 31.0 Å². The van der Waals surface area contributed by atoms with Crippen molar-refractivity contribution < 1.29 is 9.53 Å². The van der Waals surface area contributed by atoms with Gasteiger partial charge < -0.3 is 14.5 Å². The number of aromatic nitrogens is 2. The third-order valence-corrected chi connectivity index (χ3v) is 4.46. The number of anilines is 1. The molecule has 0 saturated carbocycles. The Morgan fingerprint density at radius 3 is 2.64 bits per heavy atom. The highest BCUT2D eigenvalue weighted by molar-refractivity contribution is 6.30. The number of ether oxygens (including phenoxy) is 1. The molecule has 0 radical (unpaired) electrons. The number of halogens is 1. The zero-order chi connectivity index (χ0) is 17.8. The second-order valence-electron chi connectivity index (χ2n) is 6.23. The van der Waals surface area contributed by atoms with Gasteiger partial charge >= 0.3 is 0 Å². The first-order chi connectivity index (χ1) is 12.0. The molecule has 0 bridgehead atoms. The van der Waals surface area contributed by atoms with E-state index in [-0.39, 0.29) is 11.9 Å². The van der Waals surface area contributed by atoms with Crippen LogP contribution < -0.4 is 9.64 Å². The Balaban J connectivity index is 1.64. The molecule has 1 aliphatic rings. The van der Waals surface area contributed by atoms with Crippen molar-refractivity contribution in [2.75, 3.05) is 32.1 Å². The van der Waals surface area contributed by atoms with Gasteiger partial charge in [0.25, 0.3) is 5.91 Å². The number of rotatable bonds is 5. The summed E-state index contributed by atoms with van der Waals surface area (Å²) >= 11 is 5.89. The smallest absolute Gasteiger partial charge is 0.273 e. The third-order valence-electron chi connectivity index (χ3n) is 4.20. The summed E-state index contributed by atoms with van der Waals surface area (Å²) in [5.41, 5.74) is 0.349. The fourth-order valence-electron chi connectivity index (χ4n) is 2.86. The molecule has 3 rings (SSSR count). The van der Waals surface area contributed by atoms with Gasteiger partial charge in [-0.3, -0.25) is 4.79 Å². The number of benzene rings is 1. The Bertz CT molecular complexity index is 719. The van der Waals surface area contributed by atoms with Crippen LogP contribution in [0.3, 0.4) is 0 Å². The molecule has 0 aliphatic carbocycles. The van der Waals surface area contributed by atoms with Gasteiger partial charge in [0.05, 0.1) is 6.04 Å². The average Bonchev–Trinajstić information content (AvgIpc) is 3.09. The van der Waals surface area contributed by atoms with Crippen LogP contribution in [0.2, 0.25) is 5.02 Å². The lowest BCUT2D eigenvalue weighted by atomic mass is 10.2.